The number of nitrogen functional groups attached to an aromatic ring is 1. The van der Waals surface area contributed by atoms with E-state index in [-0.39, 0.29) is 11.7 Å². The highest BCUT2D eigenvalue weighted by atomic mass is 16.5. The van der Waals surface area contributed by atoms with E-state index in [1.165, 1.54) is 0 Å². The SMILES string of the molecule is CC1(C)CCC(Cn2ccnc2-c2ccc(N)cc2)O1. The van der Waals surface area contributed by atoms with Gasteiger partial charge in [0.15, 0.2) is 0 Å². The summed E-state index contributed by atoms with van der Waals surface area (Å²) < 4.78 is 8.23. The maximum atomic E-state index is 6.06. The van der Waals surface area contributed by atoms with Gasteiger partial charge in [-0.3, -0.25) is 0 Å². The molecule has 3 rings (SSSR count). The van der Waals surface area contributed by atoms with E-state index in [0.29, 0.717) is 0 Å². The fourth-order valence-corrected chi connectivity index (χ4v) is 2.77. The molecule has 0 amide bonds. The number of rotatable bonds is 3. The normalized spacial score (nSPS) is 21.2. The third-order valence-corrected chi connectivity index (χ3v) is 3.84. The van der Waals surface area contributed by atoms with E-state index in [0.717, 1.165) is 36.5 Å². The van der Waals surface area contributed by atoms with Crippen LogP contribution in [0.3, 0.4) is 0 Å². The summed E-state index contributed by atoms with van der Waals surface area (Å²) in [5.41, 5.74) is 7.60. The molecule has 1 aliphatic rings. The Morgan fingerprint density at radius 3 is 2.75 bits per heavy atom. The molecule has 1 aromatic heterocycles. The van der Waals surface area contributed by atoms with Gasteiger partial charge in [-0.05, 0) is 51.0 Å². The predicted molar refractivity (Wildman–Crippen MR) is 80.3 cm³/mol. The maximum absolute atomic E-state index is 6.06. The van der Waals surface area contributed by atoms with Crippen LogP contribution in [0.5, 0.6) is 0 Å². The Labute approximate surface area is 119 Å². The first-order valence-corrected chi connectivity index (χ1v) is 7.08. The first-order chi connectivity index (χ1) is 9.53. The smallest absolute Gasteiger partial charge is 0.139 e. The van der Waals surface area contributed by atoms with Gasteiger partial charge in [0.2, 0.25) is 0 Å². The molecule has 0 radical (unpaired) electrons. The van der Waals surface area contributed by atoms with Crippen LogP contribution in [0.25, 0.3) is 11.4 Å². The highest BCUT2D eigenvalue weighted by Gasteiger charge is 2.31. The van der Waals surface area contributed by atoms with Crippen LogP contribution in [0.1, 0.15) is 26.7 Å². The molecule has 4 nitrogen and oxygen atoms in total. The quantitative estimate of drug-likeness (QED) is 0.873. The van der Waals surface area contributed by atoms with Gasteiger partial charge in [0.25, 0.3) is 0 Å². The van der Waals surface area contributed by atoms with Crippen molar-refractivity contribution in [3.63, 3.8) is 0 Å². The Bertz CT molecular complexity index is 586. The molecular formula is C16H21N3O. The van der Waals surface area contributed by atoms with Crippen LogP contribution in [0.4, 0.5) is 5.69 Å². The molecule has 1 aromatic carbocycles. The van der Waals surface area contributed by atoms with E-state index >= 15 is 0 Å². The average molecular weight is 271 g/mol. The molecule has 1 fully saturated rings. The first kappa shape index (κ1) is 13.2. The topological polar surface area (TPSA) is 53.1 Å². The van der Waals surface area contributed by atoms with Crippen molar-refractivity contribution in [1.29, 1.82) is 0 Å². The van der Waals surface area contributed by atoms with Crippen molar-refractivity contribution in [2.75, 3.05) is 5.73 Å². The molecular weight excluding hydrogens is 250 g/mol. The molecule has 0 aliphatic carbocycles. The zero-order valence-corrected chi connectivity index (χ0v) is 12.0. The summed E-state index contributed by atoms with van der Waals surface area (Å²) in [5, 5.41) is 0. The minimum absolute atomic E-state index is 0.00656. The summed E-state index contributed by atoms with van der Waals surface area (Å²) >= 11 is 0. The maximum Gasteiger partial charge on any atom is 0.139 e. The fraction of sp³-hybridized carbons (Fsp3) is 0.438. The van der Waals surface area contributed by atoms with E-state index in [1.54, 1.807) is 0 Å². The van der Waals surface area contributed by atoms with Gasteiger partial charge in [0, 0.05) is 23.6 Å². The molecule has 1 unspecified atom stereocenters. The minimum atomic E-state index is 0.00656. The van der Waals surface area contributed by atoms with Gasteiger partial charge in [0.05, 0.1) is 18.2 Å². The predicted octanol–water partition coefficient (Wildman–Crippen LogP) is 3.09. The number of nitrogens with two attached hydrogens (primary N) is 1. The van der Waals surface area contributed by atoms with Gasteiger partial charge in [-0.1, -0.05) is 0 Å². The summed E-state index contributed by atoms with van der Waals surface area (Å²) in [6, 6.07) is 7.83. The standard InChI is InChI=1S/C16H21N3O/c1-16(2)8-7-14(20-16)11-19-10-9-18-15(19)12-3-5-13(17)6-4-12/h3-6,9-10,14H,7-8,11,17H2,1-2H3. The van der Waals surface area contributed by atoms with Crippen molar-refractivity contribution in [3.8, 4) is 11.4 Å². The molecule has 0 bridgehead atoms. The van der Waals surface area contributed by atoms with E-state index in [1.807, 2.05) is 36.7 Å². The monoisotopic (exact) mass is 271 g/mol. The van der Waals surface area contributed by atoms with E-state index < -0.39 is 0 Å². The van der Waals surface area contributed by atoms with Gasteiger partial charge in [-0.25, -0.2) is 4.98 Å². The number of aromatic nitrogens is 2. The second kappa shape index (κ2) is 4.94. The molecule has 1 aliphatic heterocycles. The summed E-state index contributed by atoms with van der Waals surface area (Å²) in [7, 11) is 0. The van der Waals surface area contributed by atoms with E-state index in [9.17, 15) is 0 Å². The number of benzene rings is 1. The third kappa shape index (κ3) is 2.70. The Balaban J connectivity index is 1.79. The highest BCUT2D eigenvalue weighted by molar-refractivity contribution is 5.59. The molecule has 106 valence electrons. The van der Waals surface area contributed by atoms with Crippen LogP contribution >= 0.6 is 0 Å². The Morgan fingerprint density at radius 1 is 1.35 bits per heavy atom. The van der Waals surface area contributed by atoms with Gasteiger partial charge in [0.1, 0.15) is 5.82 Å². The lowest BCUT2D eigenvalue weighted by Crippen LogP contribution is -2.23. The van der Waals surface area contributed by atoms with Gasteiger partial charge >= 0.3 is 0 Å². The number of hydrogen-bond acceptors (Lipinski definition) is 3. The van der Waals surface area contributed by atoms with Crippen molar-refractivity contribution in [1.82, 2.24) is 9.55 Å². The van der Waals surface area contributed by atoms with Gasteiger partial charge in [-0.2, -0.15) is 0 Å². The number of nitrogens with zero attached hydrogens (tertiary/aromatic N) is 2. The molecule has 1 saturated heterocycles. The Morgan fingerprint density at radius 2 is 2.10 bits per heavy atom. The van der Waals surface area contributed by atoms with Crippen molar-refractivity contribution in [2.45, 2.75) is 44.9 Å². The summed E-state index contributed by atoms with van der Waals surface area (Å²) in [4.78, 5) is 4.46. The highest BCUT2D eigenvalue weighted by Crippen LogP contribution is 2.31. The lowest BCUT2D eigenvalue weighted by atomic mass is 10.1. The zero-order valence-electron chi connectivity index (χ0n) is 12.0. The lowest BCUT2D eigenvalue weighted by molar-refractivity contribution is -0.0215. The van der Waals surface area contributed by atoms with Crippen LogP contribution < -0.4 is 5.73 Å². The largest absolute Gasteiger partial charge is 0.399 e. The fourth-order valence-electron chi connectivity index (χ4n) is 2.77. The van der Waals surface area contributed by atoms with E-state index in [4.69, 9.17) is 10.5 Å². The van der Waals surface area contributed by atoms with Crippen molar-refractivity contribution >= 4 is 5.69 Å². The molecule has 4 heteroatoms. The van der Waals surface area contributed by atoms with Crippen molar-refractivity contribution < 1.29 is 4.74 Å². The summed E-state index contributed by atoms with van der Waals surface area (Å²) in [6.45, 7) is 5.16. The van der Waals surface area contributed by atoms with Crippen LogP contribution in [-0.4, -0.2) is 21.3 Å². The summed E-state index contributed by atoms with van der Waals surface area (Å²) in [6.07, 6.45) is 6.34. The van der Waals surface area contributed by atoms with Crippen molar-refractivity contribution in [2.24, 2.45) is 0 Å². The van der Waals surface area contributed by atoms with E-state index in [2.05, 4.69) is 23.4 Å². The molecule has 2 N–H and O–H groups in total. The molecule has 0 spiro atoms. The Kier molecular flexibility index (Phi) is 3.26. The molecule has 2 heterocycles. The first-order valence-electron chi connectivity index (χ1n) is 7.08. The van der Waals surface area contributed by atoms with Crippen molar-refractivity contribution in [3.05, 3.63) is 36.7 Å². The molecule has 2 aromatic rings. The second-order valence-electron chi connectivity index (χ2n) is 6.06. The van der Waals surface area contributed by atoms with Crippen LogP contribution in [0, 0.1) is 0 Å². The van der Waals surface area contributed by atoms with Crippen LogP contribution in [-0.2, 0) is 11.3 Å². The number of hydrogen-bond donors (Lipinski definition) is 1. The Hall–Kier alpha value is -1.81. The number of imidazole rings is 1. The van der Waals surface area contributed by atoms with Gasteiger partial charge in [-0.15, -0.1) is 0 Å². The lowest BCUT2D eigenvalue weighted by Gasteiger charge is -2.20. The van der Waals surface area contributed by atoms with Gasteiger partial charge < -0.3 is 15.0 Å². The number of anilines is 1. The average Bonchev–Trinajstić information content (AvgIpc) is 2.98. The van der Waals surface area contributed by atoms with Crippen LogP contribution in [0.15, 0.2) is 36.7 Å². The molecule has 0 saturated carbocycles. The third-order valence-electron chi connectivity index (χ3n) is 3.84. The molecule has 20 heavy (non-hydrogen) atoms. The minimum Gasteiger partial charge on any atom is -0.399 e. The number of ether oxygens (including phenoxy) is 1. The second-order valence-corrected chi connectivity index (χ2v) is 6.06. The molecule has 1 atom stereocenters. The zero-order chi connectivity index (χ0) is 14.2. The van der Waals surface area contributed by atoms with Crippen LogP contribution in [0.2, 0.25) is 0 Å². The summed E-state index contributed by atoms with van der Waals surface area (Å²) in [5.74, 6) is 0.971.